The van der Waals surface area contributed by atoms with E-state index in [-0.39, 0.29) is 6.04 Å². The van der Waals surface area contributed by atoms with E-state index in [9.17, 15) is 0 Å². The van der Waals surface area contributed by atoms with Crippen LogP contribution >= 0.6 is 11.6 Å². The largest absolute Gasteiger partial charge is 0.364 e. The molecule has 1 aliphatic rings. The van der Waals surface area contributed by atoms with Crippen LogP contribution in [-0.4, -0.2) is 22.6 Å². The Hall–Kier alpha value is -0.870. The Kier molecular flexibility index (Phi) is 3.96. The van der Waals surface area contributed by atoms with Gasteiger partial charge in [0.25, 0.3) is 0 Å². The molecule has 16 heavy (non-hydrogen) atoms. The van der Waals surface area contributed by atoms with E-state index in [1.807, 2.05) is 0 Å². The van der Waals surface area contributed by atoms with Gasteiger partial charge in [0.2, 0.25) is 0 Å². The average Bonchev–Trinajstić information content (AvgIpc) is 2.79. The van der Waals surface area contributed by atoms with Crippen LogP contribution in [0.2, 0.25) is 5.15 Å². The lowest BCUT2D eigenvalue weighted by Gasteiger charge is -2.23. The second kappa shape index (κ2) is 5.46. The van der Waals surface area contributed by atoms with Crippen molar-refractivity contribution in [3.8, 4) is 0 Å². The zero-order valence-electron chi connectivity index (χ0n) is 9.19. The van der Waals surface area contributed by atoms with Gasteiger partial charge in [-0.05, 0) is 18.8 Å². The van der Waals surface area contributed by atoms with Gasteiger partial charge in [0.15, 0.2) is 0 Å². The number of halogens is 1. The lowest BCUT2D eigenvalue weighted by atomic mass is 9.98. The van der Waals surface area contributed by atoms with Crippen molar-refractivity contribution in [1.29, 1.82) is 0 Å². The smallest absolute Gasteiger partial charge is 0.149 e. The molecule has 1 atom stereocenters. The Labute approximate surface area is 101 Å². The Bertz CT molecular complexity index is 339. The third-order valence-electron chi connectivity index (χ3n) is 3.16. The molecule has 1 saturated carbocycles. The fourth-order valence-corrected chi connectivity index (χ4v) is 2.48. The molecule has 3 N–H and O–H groups in total. The zero-order chi connectivity index (χ0) is 11.4. The van der Waals surface area contributed by atoms with Crippen LogP contribution in [0.4, 0.5) is 5.82 Å². The van der Waals surface area contributed by atoms with Gasteiger partial charge in [0.1, 0.15) is 11.0 Å². The van der Waals surface area contributed by atoms with E-state index >= 15 is 0 Å². The van der Waals surface area contributed by atoms with Crippen molar-refractivity contribution in [3.63, 3.8) is 0 Å². The van der Waals surface area contributed by atoms with E-state index in [1.165, 1.54) is 31.9 Å². The maximum Gasteiger partial charge on any atom is 0.149 e. The molecule has 1 aromatic rings. The maximum absolute atomic E-state index is 5.79. The number of nitrogens with two attached hydrogens (primary N) is 1. The van der Waals surface area contributed by atoms with Gasteiger partial charge in [0, 0.05) is 12.6 Å². The van der Waals surface area contributed by atoms with Crippen molar-refractivity contribution in [2.75, 3.05) is 11.9 Å². The summed E-state index contributed by atoms with van der Waals surface area (Å²) in [4.78, 5) is 8.17. The summed E-state index contributed by atoms with van der Waals surface area (Å²) >= 11 is 5.79. The molecule has 5 heteroatoms. The first-order valence-electron chi connectivity index (χ1n) is 5.73. The number of hydrogen-bond acceptors (Lipinski definition) is 4. The van der Waals surface area contributed by atoms with Crippen LogP contribution in [0.25, 0.3) is 0 Å². The third kappa shape index (κ3) is 2.83. The van der Waals surface area contributed by atoms with Crippen LogP contribution in [0.15, 0.2) is 12.4 Å². The van der Waals surface area contributed by atoms with Gasteiger partial charge in [0.05, 0.1) is 12.4 Å². The van der Waals surface area contributed by atoms with E-state index in [0.29, 0.717) is 17.6 Å². The summed E-state index contributed by atoms with van der Waals surface area (Å²) < 4.78 is 0. The molecule has 0 aromatic carbocycles. The summed E-state index contributed by atoms with van der Waals surface area (Å²) in [6, 6.07) is 0.287. The highest BCUT2D eigenvalue weighted by Crippen LogP contribution is 2.28. The highest BCUT2D eigenvalue weighted by atomic mass is 35.5. The standard InChI is InChI=1S/C11H17ClN4/c12-10-6-14-7-11(16-10)15-9(5-13)8-3-1-2-4-8/h6-9H,1-5,13H2,(H,15,16). The van der Waals surface area contributed by atoms with E-state index in [4.69, 9.17) is 17.3 Å². The van der Waals surface area contributed by atoms with Crippen LogP contribution < -0.4 is 11.1 Å². The molecule has 0 aliphatic heterocycles. The number of rotatable bonds is 4. The Morgan fingerprint density at radius 2 is 2.19 bits per heavy atom. The van der Waals surface area contributed by atoms with E-state index in [1.54, 1.807) is 6.20 Å². The lowest BCUT2D eigenvalue weighted by Crippen LogP contribution is -2.35. The van der Waals surface area contributed by atoms with Crippen molar-refractivity contribution in [3.05, 3.63) is 17.5 Å². The maximum atomic E-state index is 5.79. The predicted octanol–water partition coefficient (Wildman–Crippen LogP) is 2.06. The number of aromatic nitrogens is 2. The normalized spacial score (nSPS) is 18.6. The van der Waals surface area contributed by atoms with E-state index in [2.05, 4.69) is 15.3 Å². The summed E-state index contributed by atoms with van der Waals surface area (Å²) in [5.74, 6) is 1.38. The summed E-state index contributed by atoms with van der Waals surface area (Å²) in [5.41, 5.74) is 5.79. The molecule has 0 spiro atoms. The molecule has 0 radical (unpaired) electrons. The molecule has 0 bridgehead atoms. The number of nitrogens with one attached hydrogen (secondary N) is 1. The van der Waals surface area contributed by atoms with Crippen LogP contribution in [0, 0.1) is 5.92 Å². The molecule has 1 heterocycles. The van der Waals surface area contributed by atoms with Gasteiger partial charge in [-0.3, -0.25) is 4.98 Å². The molecule has 1 unspecified atom stereocenters. The van der Waals surface area contributed by atoms with Crippen molar-refractivity contribution < 1.29 is 0 Å². The zero-order valence-corrected chi connectivity index (χ0v) is 9.95. The highest BCUT2D eigenvalue weighted by Gasteiger charge is 2.24. The summed E-state index contributed by atoms with van der Waals surface area (Å²) in [5, 5.41) is 3.74. The Morgan fingerprint density at radius 3 is 2.81 bits per heavy atom. The number of anilines is 1. The predicted molar refractivity (Wildman–Crippen MR) is 65.5 cm³/mol. The van der Waals surface area contributed by atoms with Crippen LogP contribution in [-0.2, 0) is 0 Å². The van der Waals surface area contributed by atoms with Gasteiger partial charge in [-0.25, -0.2) is 4.98 Å². The first-order valence-corrected chi connectivity index (χ1v) is 6.11. The molecular weight excluding hydrogens is 224 g/mol. The summed E-state index contributed by atoms with van der Waals surface area (Å²) in [7, 11) is 0. The minimum Gasteiger partial charge on any atom is -0.364 e. The van der Waals surface area contributed by atoms with Crippen LogP contribution in [0.5, 0.6) is 0 Å². The molecule has 1 aliphatic carbocycles. The summed E-state index contributed by atoms with van der Waals surface area (Å²) in [6.45, 7) is 0.624. The third-order valence-corrected chi connectivity index (χ3v) is 3.34. The quantitative estimate of drug-likeness (QED) is 0.846. The number of nitrogens with zero attached hydrogens (tertiary/aromatic N) is 2. The topological polar surface area (TPSA) is 63.8 Å². The van der Waals surface area contributed by atoms with Crippen LogP contribution in [0.3, 0.4) is 0 Å². The minimum atomic E-state index is 0.287. The molecule has 0 saturated heterocycles. The first-order chi connectivity index (χ1) is 7.79. The Balaban J connectivity index is 2.00. The van der Waals surface area contributed by atoms with Gasteiger partial charge < -0.3 is 11.1 Å². The van der Waals surface area contributed by atoms with Gasteiger partial charge in [-0.15, -0.1) is 0 Å². The van der Waals surface area contributed by atoms with Gasteiger partial charge in [-0.1, -0.05) is 24.4 Å². The molecular formula is C11H17ClN4. The van der Waals surface area contributed by atoms with Crippen molar-refractivity contribution >= 4 is 17.4 Å². The molecule has 1 fully saturated rings. The molecule has 0 amide bonds. The first kappa shape index (κ1) is 11.6. The molecule has 2 rings (SSSR count). The summed E-state index contributed by atoms with van der Waals surface area (Å²) in [6.07, 6.45) is 8.34. The van der Waals surface area contributed by atoms with E-state index in [0.717, 1.165) is 5.82 Å². The number of hydrogen-bond donors (Lipinski definition) is 2. The monoisotopic (exact) mass is 240 g/mol. The molecule has 88 valence electrons. The van der Waals surface area contributed by atoms with Crippen molar-refractivity contribution in [2.45, 2.75) is 31.7 Å². The van der Waals surface area contributed by atoms with E-state index < -0.39 is 0 Å². The molecule has 1 aromatic heterocycles. The van der Waals surface area contributed by atoms with Crippen molar-refractivity contribution in [2.24, 2.45) is 11.7 Å². The fourth-order valence-electron chi connectivity index (χ4n) is 2.33. The second-order valence-corrected chi connectivity index (χ2v) is 4.65. The minimum absolute atomic E-state index is 0.287. The Morgan fingerprint density at radius 1 is 1.44 bits per heavy atom. The highest BCUT2D eigenvalue weighted by molar-refractivity contribution is 6.29. The van der Waals surface area contributed by atoms with Gasteiger partial charge in [-0.2, -0.15) is 0 Å². The SMILES string of the molecule is NCC(Nc1cncc(Cl)n1)C1CCCC1. The van der Waals surface area contributed by atoms with Crippen molar-refractivity contribution in [1.82, 2.24) is 9.97 Å². The lowest BCUT2D eigenvalue weighted by molar-refractivity contribution is 0.461. The van der Waals surface area contributed by atoms with Crippen LogP contribution in [0.1, 0.15) is 25.7 Å². The molecule has 4 nitrogen and oxygen atoms in total. The fraction of sp³-hybridized carbons (Fsp3) is 0.636. The van der Waals surface area contributed by atoms with Gasteiger partial charge >= 0.3 is 0 Å². The second-order valence-electron chi connectivity index (χ2n) is 4.26. The average molecular weight is 241 g/mol.